The van der Waals surface area contributed by atoms with E-state index in [0.29, 0.717) is 5.92 Å². The predicted octanol–water partition coefficient (Wildman–Crippen LogP) is 4.66. The van der Waals surface area contributed by atoms with Crippen LogP contribution < -0.4 is 9.46 Å². The molecule has 1 atom stereocenters. The third-order valence-corrected chi connectivity index (χ3v) is 5.70. The van der Waals surface area contributed by atoms with E-state index in [0.717, 1.165) is 27.8 Å². The van der Waals surface area contributed by atoms with Crippen molar-refractivity contribution in [3.8, 4) is 5.75 Å². The maximum absolute atomic E-state index is 12.6. The van der Waals surface area contributed by atoms with Crippen LogP contribution in [0.25, 0.3) is 0 Å². The highest BCUT2D eigenvalue weighted by atomic mass is 79.9. The summed E-state index contributed by atoms with van der Waals surface area (Å²) in [7, 11) is -1.84. The first-order valence-corrected chi connectivity index (χ1v) is 10.6. The smallest absolute Gasteiger partial charge is 0.216 e. The Kier molecular flexibility index (Phi) is 7.04. The van der Waals surface area contributed by atoms with E-state index in [2.05, 4.69) is 34.5 Å². The van der Waals surface area contributed by atoms with E-state index in [1.54, 1.807) is 7.11 Å². The Morgan fingerprint density at radius 3 is 2.16 bits per heavy atom. The van der Waals surface area contributed by atoms with Gasteiger partial charge in [0.25, 0.3) is 0 Å². The van der Waals surface area contributed by atoms with Gasteiger partial charge in [0.2, 0.25) is 10.0 Å². The molecule has 0 aliphatic carbocycles. The minimum Gasteiger partial charge on any atom is -0.497 e. The Hall–Kier alpha value is -1.37. The molecular weight excluding hydrogens is 402 g/mol. The van der Waals surface area contributed by atoms with Gasteiger partial charge in [0.05, 0.1) is 12.9 Å². The number of sulfonamides is 1. The summed E-state index contributed by atoms with van der Waals surface area (Å²) < 4.78 is 34.2. The minimum atomic E-state index is -3.45. The molecule has 1 N–H and O–H groups in total. The SMILES string of the molecule is COc1ccc([C@H](CC(C)C)NS(=O)(=O)Cc2ccc(Br)cc2)cc1. The Morgan fingerprint density at radius 2 is 1.64 bits per heavy atom. The van der Waals surface area contributed by atoms with Crippen molar-refractivity contribution in [2.45, 2.75) is 32.1 Å². The average Bonchev–Trinajstić information content (AvgIpc) is 2.55. The van der Waals surface area contributed by atoms with Gasteiger partial charge in [-0.3, -0.25) is 0 Å². The van der Waals surface area contributed by atoms with Crippen molar-refractivity contribution in [1.29, 1.82) is 0 Å². The molecule has 0 saturated carbocycles. The molecule has 0 aromatic heterocycles. The summed E-state index contributed by atoms with van der Waals surface area (Å²) in [6, 6.07) is 14.6. The van der Waals surface area contributed by atoms with Gasteiger partial charge < -0.3 is 4.74 Å². The first-order valence-electron chi connectivity index (χ1n) is 8.17. The number of methoxy groups -OCH3 is 1. The molecule has 6 heteroatoms. The molecule has 0 spiro atoms. The van der Waals surface area contributed by atoms with Crippen molar-refractivity contribution >= 4 is 26.0 Å². The van der Waals surface area contributed by atoms with E-state index >= 15 is 0 Å². The number of nitrogens with one attached hydrogen (secondary N) is 1. The van der Waals surface area contributed by atoms with Crippen LogP contribution in [0, 0.1) is 5.92 Å². The van der Waals surface area contributed by atoms with Gasteiger partial charge in [0.15, 0.2) is 0 Å². The lowest BCUT2D eigenvalue weighted by atomic mass is 9.98. The van der Waals surface area contributed by atoms with Crippen LogP contribution in [0.3, 0.4) is 0 Å². The number of hydrogen-bond donors (Lipinski definition) is 1. The van der Waals surface area contributed by atoms with Gasteiger partial charge in [-0.15, -0.1) is 0 Å². The topological polar surface area (TPSA) is 55.4 Å². The van der Waals surface area contributed by atoms with Crippen molar-refractivity contribution in [1.82, 2.24) is 4.72 Å². The lowest BCUT2D eigenvalue weighted by Gasteiger charge is -2.21. The molecule has 0 fully saturated rings. The Balaban J connectivity index is 2.17. The van der Waals surface area contributed by atoms with E-state index in [9.17, 15) is 8.42 Å². The van der Waals surface area contributed by atoms with E-state index in [1.807, 2.05) is 48.5 Å². The van der Waals surface area contributed by atoms with E-state index in [-0.39, 0.29) is 11.8 Å². The zero-order chi connectivity index (χ0) is 18.4. The second-order valence-corrected chi connectivity index (χ2v) is 9.13. The van der Waals surface area contributed by atoms with Gasteiger partial charge >= 0.3 is 0 Å². The van der Waals surface area contributed by atoms with E-state index in [4.69, 9.17) is 4.74 Å². The highest BCUT2D eigenvalue weighted by Crippen LogP contribution is 2.25. The predicted molar refractivity (Wildman–Crippen MR) is 105 cm³/mol. The van der Waals surface area contributed by atoms with Crippen LogP contribution in [-0.2, 0) is 15.8 Å². The van der Waals surface area contributed by atoms with Gasteiger partial charge in [-0.05, 0) is 47.7 Å². The largest absolute Gasteiger partial charge is 0.497 e. The number of hydrogen-bond acceptors (Lipinski definition) is 3. The second kappa shape index (κ2) is 8.83. The minimum absolute atomic E-state index is 0.0367. The van der Waals surface area contributed by atoms with Gasteiger partial charge in [-0.25, -0.2) is 13.1 Å². The molecule has 0 radical (unpaired) electrons. The van der Waals surface area contributed by atoms with Crippen LogP contribution in [0.2, 0.25) is 0 Å². The van der Waals surface area contributed by atoms with Crippen molar-refractivity contribution in [2.75, 3.05) is 7.11 Å². The molecule has 136 valence electrons. The van der Waals surface area contributed by atoms with Gasteiger partial charge in [0, 0.05) is 10.5 Å². The van der Waals surface area contributed by atoms with Gasteiger partial charge in [0.1, 0.15) is 5.75 Å². The summed E-state index contributed by atoms with van der Waals surface area (Å²) in [5, 5.41) is 0. The van der Waals surface area contributed by atoms with Crippen molar-refractivity contribution < 1.29 is 13.2 Å². The quantitative estimate of drug-likeness (QED) is 0.668. The Labute approximate surface area is 158 Å². The summed E-state index contributed by atoms with van der Waals surface area (Å²) in [6.07, 6.45) is 0.728. The molecule has 2 aromatic rings. The Bertz CT molecular complexity index is 771. The molecule has 0 amide bonds. The first kappa shape index (κ1) is 19.9. The van der Waals surface area contributed by atoms with Crippen molar-refractivity contribution in [2.24, 2.45) is 5.92 Å². The second-order valence-electron chi connectivity index (χ2n) is 6.46. The highest BCUT2D eigenvalue weighted by molar-refractivity contribution is 9.10. The lowest BCUT2D eigenvalue weighted by Crippen LogP contribution is -2.30. The first-order chi connectivity index (χ1) is 11.8. The van der Waals surface area contributed by atoms with Crippen LogP contribution in [0.5, 0.6) is 5.75 Å². The average molecular weight is 426 g/mol. The van der Waals surface area contributed by atoms with Crippen molar-refractivity contribution in [3.63, 3.8) is 0 Å². The lowest BCUT2D eigenvalue weighted by molar-refractivity contribution is 0.414. The fourth-order valence-electron chi connectivity index (χ4n) is 2.62. The molecule has 0 heterocycles. The van der Waals surface area contributed by atoms with Gasteiger partial charge in [-0.2, -0.15) is 0 Å². The maximum Gasteiger partial charge on any atom is 0.216 e. The molecule has 0 aliphatic rings. The number of rotatable bonds is 8. The third-order valence-electron chi connectivity index (χ3n) is 3.82. The molecule has 0 bridgehead atoms. The zero-order valence-corrected chi connectivity index (χ0v) is 17.1. The standard InChI is InChI=1S/C19H24BrNO3S/c1-14(2)12-19(16-6-10-18(24-3)11-7-16)21-25(22,23)13-15-4-8-17(20)9-5-15/h4-11,14,19,21H,12-13H2,1-3H3/t19-/m0/s1. The van der Waals surface area contributed by atoms with Crippen molar-refractivity contribution in [3.05, 3.63) is 64.1 Å². The number of benzene rings is 2. The molecule has 25 heavy (non-hydrogen) atoms. The zero-order valence-electron chi connectivity index (χ0n) is 14.7. The summed E-state index contributed by atoms with van der Waals surface area (Å²) >= 11 is 3.36. The van der Waals surface area contributed by atoms with Crippen LogP contribution in [0.4, 0.5) is 0 Å². The molecule has 0 saturated heterocycles. The fourth-order valence-corrected chi connectivity index (χ4v) is 4.26. The van der Waals surface area contributed by atoms with Crippen LogP contribution in [-0.4, -0.2) is 15.5 Å². The molecular formula is C19H24BrNO3S. The molecule has 2 rings (SSSR count). The monoisotopic (exact) mass is 425 g/mol. The van der Waals surface area contributed by atoms with Crippen LogP contribution >= 0.6 is 15.9 Å². The van der Waals surface area contributed by atoms with Crippen LogP contribution in [0.1, 0.15) is 37.4 Å². The van der Waals surface area contributed by atoms with E-state index < -0.39 is 10.0 Å². The highest BCUT2D eigenvalue weighted by Gasteiger charge is 2.21. The summed E-state index contributed by atoms with van der Waals surface area (Å²) in [4.78, 5) is 0. The summed E-state index contributed by atoms with van der Waals surface area (Å²) in [5.41, 5.74) is 1.70. The normalized spacial score (nSPS) is 13.0. The molecule has 0 unspecified atom stereocenters. The molecule has 2 aromatic carbocycles. The third kappa shape index (κ3) is 6.45. The maximum atomic E-state index is 12.6. The molecule has 0 aliphatic heterocycles. The Morgan fingerprint density at radius 1 is 1.04 bits per heavy atom. The number of ether oxygens (including phenoxy) is 1. The number of halogens is 1. The summed E-state index contributed by atoms with van der Waals surface area (Å²) in [5.74, 6) is 1.08. The summed E-state index contributed by atoms with van der Waals surface area (Å²) in [6.45, 7) is 4.17. The molecule has 4 nitrogen and oxygen atoms in total. The van der Waals surface area contributed by atoms with E-state index in [1.165, 1.54) is 0 Å². The fraction of sp³-hybridized carbons (Fsp3) is 0.368. The van der Waals surface area contributed by atoms with Crippen LogP contribution in [0.15, 0.2) is 53.0 Å². The van der Waals surface area contributed by atoms with Gasteiger partial charge in [-0.1, -0.05) is 54.0 Å².